The summed E-state index contributed by atoms with van der Waals surface area (Å²) in [5.74, 6) is 2.97. The van der Waals surface area contributed by atoms with Crippen LogP contribution in [0.1, 0.15) is 56.6 Å². The standard InChI is InChI=1S/C29H30/c1-20-12-26(28(24-8-4-2-5-9-24)25-10-6-3-7-11-25)16-27(20)29-17-21-13-22(18-29)15-23(14-21)19-29/h2-12,16,21-23H,13-15,17-19H2,1H3. The molecule has 2 aromatic rings. The van der Waals surface area contributed by atoms with Crippen molar-refractivity contribution in [1.82, 2.24) is 0 Å². The topological polar surface area (TPSA) is 0 Å². The van der Waals surface area contributed by atoms with Crippen LogP contribution in [0, 0.1) is 23.2 Å². The van der Waals surface area contributed by atoms with Crippen LogP contribution < -0.4 is 0 Å². The molecule has 4 fully saturated rings. The summed E-state index contributed by atoms with van der Waals surface area (Å²) in [6.07, 6.45) is 13.9. The van der Waals surface area contributed by atoms with Crippen LogP contribution in [0.4, 0.5) is 0 Å². The maximum atomic E-state index is 2.58. The van der Waals surface area contributed by atoms with Gasteiger partial charge in [-0.15, -0.1) is 0 Å². The highest BCUT2D eigenvalue weighted by atomic mass is 14.6. The zero-order valence-corrected chi connectivity index (χ0v) is 17.4. The average Bonchev–Trinajstić information content (AvgIpc) is 3.11. The molecule has 0 nitrogen and oxygen atoms in total. The molecule has 146 valence electrons. The van der Waals surface area contributed by atoms with Crippen LogP contribution in [0.15, 0.2) is 89.5 Å². The Morgan fingerprint density at radius 3 is 1.66 bits per heavy atom. The molecule has 0 aliphatic heterocycles. The highest BCUT2D eigenvalue weighted by Gasteiger charge is 2.53. The first-order valence-electron chi connectivity index (χ1n) is 11.5. The first-order valence-corrected chi connectivity index (χ1v) is 11.5. The van der Waals surface area contributed by atoms with Gasteiger partial charge in [-0.25, -0.2) is 0 Å². The summed E-state index contributed by atoms with van der Waals surface area (Å²) in [5.41, 5.74) is 9.09. The Morgan fingerprint density at radius 1 is 0.690 bits per heavy atom. The molecule has 0 aromatic heterocycles. The van der Waals surface area contributed by atoms with Gasteiger partial charge in [-0.1, -0.05) is 72.8 Å². The van der Waals surface area contributed by atoms with E-state index in [2.05, 4.69) is 79.7 Å². The Morgan fingerprint density at radius 2 is 1.17 bits per heavy atom. The Kier molecular flexibility index (Phi) is 3.98. The minimum absolute atomic E-state index is 0.468. The zero-order valence-electron chi connectivity index (χ0n) is 17.4. The predicted molar refractivity (Wildman–Crippen MR) is 121 cm³/mol. The third-order valence-corrected chi connectivity index (χ3v) is 8.12. The predicted octanol–water partition coefficient (Wildman–Crippen LogP) is 7.59. The van der Waals surface area contributed by atoms with Crippen molar-refractivity contribution in [3.63, 3.8) is 0 Å². The summed E-state index contributed by atoms with van der Waals surface area (Å²) in [6, 6.07) is 21.9. The van der Waals surface area contributed by atoms with Crippen LogP contribution in [0.2, 0.25) is 0 Å². The van der Waals surface area contributed by atoms with E-state index < -0.39 is 0 Å². The van der Waals surface area contributed by atoms with E-state index in [-0.39, 0.29) is 0 Å². The number of hydrogen-bond acceptors (Lipinski definition) is 0. The molecule has 5 aliphatic carbocycles. The molecule has 2 aromatic carbocycles. The lowest BCUT2D eigenvalue weighted by atomic mass is 9.47. The van der Waals surface area contributed by atoms with Gasteiger partial charge in [-0.2, -0.15) is 0 Å². The van der Waals surface area contributed by atoms with Gasteiger partial charge in [0.05, 0.1) is 0 Å². The lowest BCUT2D eigenvalue weighted by molar-refractivity contribution is -0.0290. The van der Waals surface area contributed by atoms with Crippen molar-refractivity contribution in [3.8, 4) is 0 Å². The fourth-order valence-electron chi connectivity index (χ4n) is 7.49. The Labute approximate surface area is 175 Å². The lowest BCUT2D eigenvalue weighted by Crippen LogP contribution is -2.46. The van der Waals surface area contributed by atoms with Gasteiger partial charge in [-0.3, -0.25) is 0 Å². The zero-order chi connectivity index (χ0) is 19.4. The second-order valence-corrected chi connectivity index (χ2v) is 10.1. The Balaban J connectivity index is 1.49. The highest BCUT2D eigenvalue weighted by Crippen LogP contribution is 2.64. The lowest BCUT2D eigenvalue weighted by Gasteiger charge is -2.57. The van der Waals surface area contributed by atoms with E-state index in [1.165, 1.54) is 66.4 Å². The molecule has 0 spiro atoms. The molecule has 0 unspecified atom stereocenters. The molecule has 0 saturated heterocycles. The average molecular weight is 379 g/mol. The van der Waals surface area contributed by atoms with E-state index >= 15 is 0 Å². The normalized spacial score (nSPS) is 32.3. The summed E-state index contributed by atoms with van der Waals surface area (Å²) in [6.45, 7) is 2.37. The van der Waals surface area contributed by atoms with Crippen molar-refractivity contribution in [2.75, 3.05) is 0 Å². The molecule has 29 heavy (non-hydrogen) atoms. The minimum Gasteiger partial charge on any atom is -0.0622 e. The molecule has 0 heteroatoms. The fourth-order valence-corrected chi connectivity index (χ4v) is 7.49. The van der Waals surface area contributed by atoms with Gasteiger partial charge in [0.1, 0.15) is 0 Å². The Bertz CT molecular complexity index is 939. The first-order chi connectivity index (χ1) is 14.2. The number of allylic oxidation sites excluding steroid dienone is 5. The minimum atomic E-state index is 0.468. The van der Waals surface area contributed by atoms with Gasteiger partial charge in [0, 0.05) is 0 Å². The van der Waals surface area contributed by atoms with Crippen LogP contribution in [0.3, 0.4) is 0 Å². The van der Waals surface area contributed by atoms with Gasteiger partial charge in [-0.05, 0) is 102 Å². The number of benzene rings is 2. The van der Waals surface area contributed by atoms with Crippen molar-refractivity contribution >= 4 is 5.57 Å². The van der Waals surface area contributed by atoms with Crippen molar-refractivity contribution in [2.45, 2.75) is 45.4 Å². The summed E-state index contributed by atoms with van der Waals surface area (Å²) >= 11 is 0. The van der Waals surface area contributed by atoms with Crippen molar-refractivity contribution in [1.29, 1.82) is 0 Å². The molecule has 7 rings (SSSR count). The SMILES string of the molecule is CC1=CC(=C(c2ccccc2)c2ccccc2)C=C1C12CC3CC(CC(C3)C1)C2. The molecule has 0 N–H and O–H groups in total. The molecule has 0 heterocycles. The molecule has 0 atom stereocenters. The highest BCUT2D eigenvalue weighted by molar-refractivity contribution is 5.87. The maximum Gasteiger partial charge on any atom is -0.00362 e. The molecule has 4 saturated carbocycles. The van der Waals surface area contributed by atoms with Crippen LogP contribution in [0.5, 0.6) is 0 Å². The van der Waals surface area contributed by atoms with Gasteiger partial charge in [0.25, 0.3) is 0 Å². The molecule has 0 radical (unpaired) electrons. The second-order valence-electron chi connectivity index (χ2n) is 10.1. The van der Waals surface area contributed by atoms with Gasteiger partial charge in [0.15, 0.2) is 0 Å². The van der Waals surface area contributed by atoms with E-state index in [0.29, 0.717) is 5.41 Å². The third-order valence-electron chi connectivity index (χ3n) is 8.12. The summed E-state index contributed by atoms with van der Waals surface area (Å²) in [4.78, 5) is 0. The molecular weight excluding hydrogens is 348 g/mol. The molecule has 4 bridgehead atoms. The smallest absolute Gasteiger partial charge is 0.00362 e. The van der Waals surface area contributed by atoms with E-state index in [9.17, 15) is 0 Å². The largest absolute Gasteiger partial charge is 0.0622 e. The quantitative estimate of drug-likeness (QED) is 0.516. The van der Waals surface area contributed by atoms with Crippen molar-refractivity contribution < 1.29 is 0 Å². The van der Waals surface area contributed by atoms with E-state index in [1.54, 1.807) is 5.57 Å². The summed E-state index contributed by atoms with van der Waals surface area (Å²) < 4.78 is 0. The first kappa shape index (κ1) is 17.5. The van der Waals surface area contributed by atoms with Crippen LogP contribution in [-0.2, 0) is 0 Å². The van der Waals surface area contributed by atoms with Crippen LogP contribution >= 0.6 is 0 Å². The van der Waals surface area contributed by atoms with Crippen molar-refractivity contribution in [3.05, 3.63) is 101 Å². The van der Waals surface area contributed by atoms with Gasteiger partial charge in [0.2, 0.25) is 0 Å². The second kappa shape index (κ2) is 6.59. The van der Waals surface area contributed by atoms with E-state index in [0.717, 1.165) is 17.8 Å². The van der Waals surface area contributed by atoms with E-state index in [4.69, 9.17) is 0 Å². The van der Waals surface area contributed by atoms with E-state index in [1.807, 2.05) is 0 Å². The molecular formula is C29H30. The van der Waals surface area contributed by atoms with Crippen LogP contribution in [0.25, 0.3) is 5.57 Å². The summed E-state index contributed by atoms with van der Waals surface area (Å²) in [7, 11) is 0. The maximum absolute atomic E-state index is 2.58. The number of rotatable bonds is 3. The number of hydrogen-bond donors (Lipinski definition) is 0. The fraction of sp³-hybridized carbons (Fsp3) is 0.379. The third kappa shape index (κ3) is 2.88. The summed E-state index contributed by atoms with van der Waals surface area (Å²) in [5, 5.41) is 0. The molecule has 0 amide bonds. The Hall–Kier alpha value is -2.34. The van der Waals surface area contributed by atoms with Gasteiger partial charge >= 0.3 is 0 Å². The van der Waals surface area contributed by atoms with Crippen molar-refractivity contribution in [2.24, 2.45) is 23.2 Å². The van der Waals surface area contributed by atoms with Crippen LogP contribution in [-0.4, -0.2) is 0 Å². The monoisotopic (exact) mass is 378 g/mol. The van der Waals surface area contributed by atoms with Gasteiger partial charge < -0.3 is 0 Å². The molecule has 5 aliphatic rings.